The van der Waals surface area contributed by atoms with Crippen LogP contribution in [0, 0.1) is 5.41 Å². The van der Waals surface area contributed by atoms with Gasteiger partial charge in [-0.3, -0.25) is 0 Å². The second kappa shape index (κ2) is 6.04. The van der Waals surface area contributed by atoms with Crippen LogP contribution in [0.4, 0.5) is 0 Å². The average molecular weight is 262 g/mol. The summed E-state index contributed by atoms with van der Waals surface area (Å²) in [5.41, 5.74) is 7.69. The van der Waals surface area contributed by atoms with Crippen LogP contribution in [0.5, 0.6) is 0 Å². The van der Waals surface area contributed by atoms with Gasteiger partial charge in [-0.15, -0.1) is 0 Å². The fraction of sp³-hybridized carbons (Fsp3) is 0.625. The summed E-state index contributed by atoms with van der Waals surface area (Å²) in [6.07, 6.45) is 1.49. The van der Waals surface area contributed by atoms with E-state index in [1.54, 1.807) is 0 Å². The lowest BCUT2D eigenvalue weighted by Gasteiger charge is -2.25. The van der Waals surface area contributed by atoms with Gasteiger partial charge in [-0.2, -0.15) is 0 Å². The Morgan fingerprint density at radius 1 is 1.32 bits per heavy atom. The van der Waals surface area contributed by atoms with Crippen molar-refractivity contribution in [2.24, 2.45) is 11.1 Å². The van der Waals surface area contributed by atoms with E-state index in [9.17, 15) is 5.11 Å². The lowest BCUT2D eigenvalue weighted by atomic mass is 9.93. The van der Waals surface area contributed by atoms with E-state index in [-0.39, 0.29) is 6.04 Å². The van der Waals surface area contributed by atoms with E-state index in [1.807, 2.05) is 18.2 Å². The van der Waals surface area contributed by atoms with Crippen LogP contribution in [0.15, 0.2) is 30.3 Å². The van der Waals surface area contributed by atoms with Gasteiger partial charge in [0, 0.05) is 19.1 Å². The quantitative estimate of drug-likeness (QED) is 0.848. The number of likely N-dealkylation sites (tertiary alicyclic amines) is 1. The summed E-state index contributed by atoms with van der Waals surface area (Å²) in [7, 11) is 0. The van der Waals surface area contributed by atoms with Crippen LogP contribution < -0.4 is 5.73 Å². The van der Waals surface area contributed by atoms with E-state index in [1.165, 1.54) is 12.0 Å². The third kappa shape index (κ3) is 4.30. The summed E-state index contributed by atoms with van der Waals surface area (Å²) >= 11 is 0. The zero-order valence-electron chi connectivity index (χ0n) is 12.0. The van der Waals surface area contributed by atoms with Gasteiger partial charge in [-0.25, -0.2) is 0 Å². The van der Waals surface area contributed by atoms with Crippen molar-refractivity contribution in [2.45, 2.75) is 38.8 Å². The molecule has 0 amide bonds. The highest BCUT2D eigenvalue weighted by Gasteiger charge is 2.31. The first-order chi connectivity index (χ1) is 8.96. The lowest BCUT2D eigenvalue weighted by molar-refractivity contribution is 0.0971. The molecule has 0 aromatic heterocycles. The van der Waals surface area contributed by atoms with Crippen molar-refractivity contribution in [2.75, 3.05) is 19.6 Å². The number of nitrogens with zero attached hydrogens (tertiary/aromatic N) is 1. The summed E-state index contributed by atoms with van der Waals surface area (Å²) in [6.45, 7) is 7.38. The molecule has 2 unspecified atom stereocenters. The zero-order chi connectivity index (χ0) is 13.9. The number of aliphatic hydroxyl groups is 1. The van der Waals surface area contributed by atoms with Crippen LogP contribution in [-0.4, -0.2) is 41.8 Å². The maximum Gasteiger partial charge on any atom is 0.0820 e. The number of hydrogen-bond acceptors (Lipinski definition) is 3. The molecule has 1 aliphatic heterocycles. The smallest absolute Gasteiger partial charge is 0.0820 e. The monoisotopic (exact) mass is 262 g/mol. The Bertz CT molecular complexity index is 391. The molecule has 2 atom stereocenters. The highest BCUT2D eigenvalue weighted by atomic mass is 16.3. The van der Waals surface area contributed by atoms with Gasteiger partial charge < -0.3 is 15.7 Å². The van der Waals surface area contributed by atoms with Gasteiger partial charge in [-0.1, -0.05) is 44.2 Å². The molecule has 1 aromatic rings. The maximum atomic E-state index is 10.2. The molecular weight excluding hydrogens is 236 g/mol. The van der Waals surface area contributed by atoms with E-state index < -0.39 is 6.10 Å². The van der Waals surface area contributed by atoms with Crippen molar-refractivity contribution >= 4 is 0 Å². The largest absolute Gasteiger partial charge is 0.390 e. The Kier molecular flexibility index (Phi) is 4.61. The molecule has 1 fully saturated rings. The standard InChI is InChI=1S/C16H26N2O/c1-16(2)8-9-18(12-16)11-15(19)14(17)10-13-6-4-3-5-7-13/h3-7,14-15,19H,8-12,17H2,1-2H3. The van der Waals surface area contributed by atoms with E-state index in [0.29, 0.717) is 12.0 Å². The van der Waals surface area contributed by atoms with Gasteiger partial charge in [-0.05, 0) is 30.4 Å². The first-order valence-electron chi connectivity index (χ1n) is 7.16. The first-order valence-corrected chi connectivity index (χ1v) is 7.16. The van der Waals surface area contributed by atoms with Crippen LogP contribution in [0.2, 0.25) is 0 Å². The first kappa shape index (κ1) is 14.5. The average Bonchev–Trinajstić information content (AvgIpc) is 2.70. The Hall–Kier alpha value is -0.900. The molecule has 2 rings (SSSR count). The van der Waals surface area contributed by atoms with Crippen molar-refractivity contribution in [1.29, 1.82) is 0 Å². The van der Waals surface area contributed by atoms with Crippen LogP contribution in [0.1, 0.15) is 25.8 Å². The molecule has 3 heteroatoms. The summed E-state index contributed by atoms with van der Waals surface area (Å²) in [5, 5.41) is 10.2. The molecular formula is C16H26N2O. The second-order valence-electron chi connectivity index (χ2n) is 6.57. The van der Waals surface area contributed by atoms with Gasteiger partial charge in [0.05, 0.1) is 6.10 Å². The van der Waals surface area contributed by atoms with Crippen LogP contribution in [0.3, 0.4) is 0 Å². The molecule has 0 radical (unpaired) electrons. The van der Waals surface area contributed by atoms with Crippen molar-refractivity contribution < 1.29 is 5.11 Å². The fourth-order valence-electron chi connectivity index (χ4n) is 2.80. The topological polar surface area (TPSA) is 49.5 Å². The van der Waals surface area contributed by atoms with Crippen LogP contribution in [0.25, 0.3) is 0 Å². The Morgan fingerprint density at radius 3 is 2.58 bits per heavy atom. The molecule has 0 aliphatic carbocycles. The number of hydrogen-bond donors (Lipinski definition) is 2. The molecule has 0 bridgehead atoms. The van der Waals surface area contributed by atoms with Crippen molar-refractivity contribution in [3.8, 4) is 0 Å². The minimum Gasteiger partial charge on any atom is -0.390 e. The van der Waals surface area contributed by atoms with Crippen LogP contribution >= 0.6 is 0 Å². The van der Waals surface area contributed by atoms with E-state index >= 15 is 0 Å². The number of aliphatic hydroxyl groups excluding tert-OH is 1. The third-order valence-electron chi connectivity index (χ3n) is 4.01. The minimum atomic E-state index is -0.450. The van der Waals surface area contributed by atoms with Gasteiger partial charge >= 0.3 is 0 Å². The molecule has 1 aromatic carbocycles. The predicted molar refractivity (Wildman–Crippen MR) is 79.0 cm³/mol. The molecule has 0 saturated carbocycles. The summed E-state index contributed by atoms with van der Waals surface area (Å²) in [5.74, 6) is 0. The van der Waals surface area contributed by atoms with Gasteiger partial charge in [0.2, 0.25) is 0 Å². The molecule has 106 valence electrons. The normalized spacial score (nSPS) is 22.3. The number of nitrogens with two attached hydrogens (primary N) is 1. The molecule has 1 aliphatic rings. The predicted octanol–water partition coefficient (Wildman–Crippen LogP) is 1.65. The Morgan fingerprint density at radius 2 is 2.00 bits per heavy atom. The van der Waals surface area contributed by atoms with Crippen molar-refractivity contribution in [1.82, 2.24) is 4.90 Å². The van der Waals surface area contributed by atoms with Crippen LogP contribution in [-0.2, 0) is 6.42 Å². The number of rotatable bonds is 5. The summed E-state index contributed by atoms with van der Waals surface area (Å²) < 4.78 is 0. The van der Waals surface area contributed by atoms with Gasteiger partial charge in [0.15, 0.2) is 0 Å². The summed E-state index contributed by atoms with van der Waals surface area (Å²) in [6, 6.07) is 9.95. The summed E-state index contributed by atoms with van der Waals surface area (Å²) in [4.78, 5) is 2.33. The SMILES string of the molecule is CC1(C)CCN(CC(O)C(N)Cc2ccccc2)C1. The molecule has 3 N–H and O–H groups in total. The highest BCUT2D eigenvalue weighted by molar-refractivity contribution is 5.16. The number of β-amino-alcohol motifs (C(OH)–C–C–N with tert-alkyl or cyclic N) is 1. The van der Waals surface area contributed by atoms with Gasteiger partial charge in [0.1, 0.15) is 0 Å². The second-order valence-corrected chi connectivity index (χ2v) is 6.57. The van der Waals surface area contributed by atoms with E-state index in [0.717, 1.165) is 19.5 Å². The third-order valence-corrected chi connectivity index (χ3v) is 4.01. The Labute approximate surface area is 116 Å². The molecule has 0 spiro atoms. The van der Waals surface area contributed by atoms with Crippen molar-refractivity contribution in [3.63, 3.8) is 0 Å². The van der Waals surface area contributed by atoms with E-state index in [4.69, 9.17) is 5.73 Å². The van der Waals surface area contributed by atoms with Crippen molar-refractivity contribution in [3.05, 3.63) is 35.9 Å². The zero-order valence-corrected chi connectivity index (χ0v) is 12.0. The molecule has 3 nitrogen and oxygen atoms in total. The number of benzene rings is 1. The van der Waals surface area contributed by atoms with Gasteiger partial charge in [0.25, 0.3) is 0 Å². The molecule has 1 saturated heterocycles. The molecule has 19 heavy (non-hydrogen) atoms. The molecule has 1 heterocycles. The van der Waals surface area contributed by atoms with E-state index in [2.05, 4.69) is 30.9 Å². The maximum absolute atomic E-state index is 10.2. The lowest BCUT2D eigenvalue weighted by Crippen LogP contribution is -2.44. The fourth-order valence-corrected chi connectivity index (χ4v) is 2.80. The minimum absolute atomic E-state index is 0.189. The Balaban J connectivity index is 1.81. The highest BCUT2D eigenvalue weighted by Crippen LogP contribution is 2.28.